The van der Waals surface area contributed by atoms with Gasteiger partial charge in [0.15, 0.2) is 0 Å². The Hall–Kier alpha value is -4.07. The summed E-state index contributed by atoms with van der Waals surface area (Å²) in [6.45, 7) is 0. The van der Waals surface area contributed by atoms with Gasteiger partial charge in [0, 0.05) is 5.56 Å². The molecule has 0 bridgehead atoms. The van der Waals surface area contributed by atoms with E-state index in [4.69, 9.17) is 22.4 Å². The number of aromatic carboxylic acids is 1. The van der Waals surface area contributed by atoms with E-state index in [0.717, 1.165) is 0 Å². The standard InChI is InChI=1S/C20H11ClN4O3/c21-16-7-10(5-6-13(16)20(27)28)11-3-1-2-4-12(11)17-14(8-22)18(24)25-19(26)15(17)9-23/h1-7H,(H,27,28)(H3,24,25,26). The highest BCUT2D eigenvalue weighted by Crippen LogP contribution is 2.37. The van der Waals surface area contributed by atoms with Gasteiger partial charge in [0.25, 0.3) is 5.56 Å². The molecule has 0 aliphatic rings. The zero-order valence-corrected chi connectivity index (χ0v) is 14.9. The zero-order valence-electron chi connectivity index (χ0n) is 14.2. The predicted octanol–water partition coefficient (Wildman–Crippen LogP) is 3.39. The molecule has 0 saturated carbocycles. The van der Waals surface area contributed by atoms with Crippen molar-refractivity contribution < 1.29 is 9.90 Å². The largest absolute Gasteiger partial charge is 0.478 e. The number of pyridine rings is 1. The zero-order chi connectivity index (χ0) is 20.4. The second-order valence-electron chi connectivity index (χ2n) is 5.76. The number of aromatic nitrogens is 1. The number of anilines is 1. The number of nitriles is 2. The van der Waals surface area contributed by atoms with Crippen LogP contribution in [0.25, 0.3) is 22.3 Å². The number of nitrogens with zero attached hydrogens (tertiary/aromatic N) is 2. The Balaban J connectivity index is 2.37. The number of hydrogen-bond donors (Lipinski definition) is 3. The Labute approximate surface area is 163 Å². The van der Waals surface area contributed by atoms with E-state index in [2.05, 4.69) is 4.98 Å². The van der Waals surface area contributed by atoms with Gasteiger partial charge in [-0.2, -0.15) is 10.5 Å². The van der Waals surface area contributed by atoms with Crippen LogP contribution in [0.3, 0.4) is 0 Å². The molecule has 0 aliphatic heterocycles. The van der Waals surface area contributed by atoms with Crippen molar-refractivity contribution in [3.63, 3.8) is 0 Å². The molecular weight excluding hydrogens is 380 g/mol. The fourth-order valence-electron chi connectivity index (χ4n) is 2.92. The molecule has 0 saturated heterocycles. The molecule has 136 valence electrons. The number of carboxylic acids is 1. The average molecular weight is 391 g/mol. The summed E-state index contributed by atoms with van der Waals surface area (Å²) < 4.78 is 0. The number of aromatic amines is 1. The lowest BCUT2D eigenvalue weighted by Crippen LogP contribution is -2.16. The van der Waals surface area contributed by atoms with Crippen LogP contribution in [0.15, 0.2) is 47.3 Å². The van der Waals surface area contributed by atoms with Crippen molar-refractivity contribution in [3.05, 3.63) is 74.5 Å². The second-order valence-corrected chi connectivity index (χ2v) is 6.17. The molecule has 0 aliphatic carbocycles. The van der Waals surface area contributed by atoms with E-state index in [1.165, 1.54) is 12.1 Å². The third-order valence-electron chi connectivity index (χ3n) is 4.18. The number of carbonyl (C=O) groups is 1. The molecule has 1 heterocycles. The topological polar surface area (TPSA) is 144 Å². The molecular formula is C20H11ClN4O3. The van der Waals surface area contributed by atoms with Crippen molar-refractivity contribution in [2.75, 3.05) is 5.73 Å². The van der Waals surface area contributed by atoms with Gasteiger partial charge in [0.1, 0.15) is 29.1 Å². The first-order valence-electron chi connectivity index (χ1n) is 7.87. The molecule has 8 heteroatoms. The maximum atomic E-state index is 12.2. The van der Waals surface area contributed by atoms with Gasteiger partial charge in [-0.1, -0.05) is 41.9 Å². The number of H-pyrrole nitrogens is 1. The van der Waals surface area contributed by atoms with Crippen LogP contribution in [-0.2, 0) is 0 Å². The third kappa shape index (κ3) is 3.07. The van der Waals surface area contributed by atoms with E-state index >= 15 is 0 Å². The first kappa shape index (κ1) is 18.7. The lowest BCUT2D eigenvalue weighted by molar-refractivity contribution is 0.0697. The molecule has 3 aromatic rings. The summed E-state index contributed by atoms with van der Waals surface area (Å²) in [4.78, 5) is 25.7. The molecule has 3 rings (SSSR count). The number of nitrogens with one attached hydrogen (secondary N) is 1. The van der Waals surface area contributed by atoms with Gasteiger partial charge in [0.05, 0.1) is 10.6 Å². The SMILES string of the molecule is N#Cc1c(N)[nH]c(=O)c(C#N)c1-c1ccccc1-c1ccc(C(=O)O)c(Cl)c1. The van der Waals surface area contributed by atoms with Gasteiger partial charge in [0.2, 0.25) is 0 Å². The minimum atomic E-state index is -1.16. The number of carboxylic acid groups (broad SMARTS) is 1. The van der Waals surface area contributed by atoms with Gasteiger partial charge < -0.3 is 15.8 Å². The van der Waals surface area contributed by atoms with Gasteiger partial charge >= 0.3 is 5.97 Å². The molecule has 0 atom stereocenters. The third-order valence-corrected chi connectivity index (χ3v) is 4.49. The maximum Gasteiger partial charge on any atom is 0.337 e. The smallest absolute Gasteiger partial charge is 0.337 e. The van der Waals surface area contributed by atoms with Gasteiger partial charge in [-0.15, -0.1) is 0 Å². The summed E-state index contributed by atoms with van der Waals surface area (Å²) in [5, 5.41) is 28.2. The summed E-state index contributed by atoms with van der Waals surface area (Å²) in [6, 6.07) is 14.9. The molecule has 4 N–H and O–H groups in total. The highest BCUT2D eigenvalue weighted by Gasteiger charge is 2.21. The lowest BCUT2D eigenvalue weighted by atomic mass is 9.89. The molecule has 1 aromatic heterocycles. The van der Waals surface area contributed by atoms with Crippen molar-refractivity contribution in [1.29, 1.82) is 10.5 Å². The van der Waals surface area contributed by atoms with E-state index in [-0.39, 0.29) is 33.1 Å². The van der Waals surface area contributed by atoms with Crippen LogP contribution in [0.5, 0.6) is 0 Å². The Morgan fingerprint density at radius 2 is 1.71 bits per heavy atom. The Morgan fingerprint density at radius 1 is 1.07 bits per heavy atom. The van der Waals surface area contributed by atoms with Gasteiger partial charge in [-0.25, -0.2) is 4.79 Å². The molecule has 7 nitrogen and oxygen atoms in total. The summed E-state index contributed by atoms with van der Waals surface area (Å²) >= 11 is 6.08. The van der Waals surface area contributed by atoms with Crippen LogP contribution in [-0.4, -0.2) is 16.1 Å². The number of hydrogen-bond acceptors (Lipinski definition) is 5. The van der Waals surface area contributed by atoms with Crippen LogP contribution < -0.4 is 11.3 Å². The van der Waals surface area contributed by atoms with Crippen molar-refractivity contribution >= 4 is 23.4 Å². The highest BCUT2D eigenvalue weighted by molar-refractivity contribution is 6.33. The number of nitrogens with two attached hydrogens (primary N) is 1. The number of nitrogen functional groups attached to an aromatic ring is 1. The number of halogens is 1. The number of rotatable bonds is 3. The molecule has 0 spiro atoms. The lowest BCUT2D eigenvalue weighted by Gasteiger charge is -2.14. The van der Waals surface area contributed by atoms with Crippen molar-refractivity contribution in [2.45, 2.75) is 0 Å². The van der Waals surface area contributed by atoms with Gasteiger partial charge in [-0.3, -0.25) is 4.79 Å². The molecule has 0 radical (unpaired) electrons. The van der Waals surface area contributed by atoms with Crippen LogP contribution in [0.1, 0.15) is 21.5 Å². The minimum absolute atomic E-state index is 0.0307. The van der Waals surface area contributed by atoms with Crippen molar-refractivity contribution in [1.82, 2.24) is 4.98 Å². The fraction of sp³-hybridized carbons (Fsp3) is 0. The van der Waals surface area contributed by atoms with Crippen LogP contribution in [0, 0.1) is 22.7 Å². The van der Waals surface area contributed by atoms with Crippen LogP contribution in [0.4, 0.5) is 5.82 Å². The summed E-state index contributed by atoms with van der Waals surface area (Å²) in [5.74, 6) is -1.30. The quantitative estimate of drug-likeness (QED) is 0.625. The monoisotopic (exact) mass is 390 g/mol. The predicted molar refractivity (Wildman–Crippen MR) is 104 cm³/mol. The first-order valence-corrected chi connectivity index (χ1v) is 8.25. The van der Waals surface area contributed by atoms with E-state index in [1.54, 1.807) is 30.3 Å². The fourth-order valence-corrected chi connectivity index (χ4v) is 3.18. The normalized spacial score (nSPS) is 10.1. The van der Waals surface area contributed by atoms with Crippen molar-refractivity contribution in [2.24, 2.45) is 0 Å². The van der Waals surface area contributed by atoms with Crippen molar-refractivity contribution in [3.8, 4) is 34.4 Å². The first-order chi connectivity index (χ1) is 13.4. The second kappa shape index (κ2) is 7.28. The Bertz CT molecular complexity index is 1270. The van der Waals surface area contributed by atoms with Crippen LogP contribution in [0.2, 0.25) is 5.02 Å². The summed E-state index contributed by atoms with van der Waals surface area (Å²) in [6.07, 6.45) is 0. The van der Waals surface area contributed by atoms with E-state index in [1.807, 2.05) is 12.1 Å². The Kier molecular flexibility index (Phi) is 4.86. The van der Waals surface area contributed by atoms with Gasteiger partial charge in [-0.05, 0) is 28.8 Å². The van der Waals surface area contributed by atoms with E-state index in [0.29, 0.717) is 16.7 Å². The summed E-state index contributed by atoms with van der Waals surface area (Å²) in [7, 11) is 0. The maximum absolute atomic E-state index is 12.2. The van der Waals surface area contributed by atoms with Crippen LogP contribution >= 0.6 is 11.6 Å². The summed E-state index contributed by atoms with van der Waals surface area (Å²) in [5.41, 5.74) is 6.39. The molecule has 28 heavy (non-hydrogen) atoms. The Morgan fingerprint density at radius 3 is 2.29 bits per heavy atom. The molecule has 0 fully saturated rings. The molecule has 2 aromatic carbocycles. The number of benzene rings is 2. The highest BCUT2D eigenvalue weighted by atomic mass is 35.5. The van der Waals surface area contributed by atoms with E-state index < -0.39 is 11.5 Å². The molecule has 0 amide bonds. The average Bonchev–Trinajstić information content (AvgIpc) is 2.67. The van der Waals surface area contributed by atoms with E-state index in [9.17, 15) is 20.1 Å². The minimum Gasteiger partial charge on any atom is -0.478 e. The molecule has 0 unspecified atom stereocenters.